The maximum Gasteiger partial charge on any atom is 0.124 e. The summed E-state index contributed by atoms with van der Waals surface area (Å²) in [5.41, 5.74) is 0.914. The van der Waals surface area contributed by atoms with E-state index in [2.05, 4.69) is 45.4 Å². The molecule has 0 aromatic heterocycles. The second-order valence-corrected chi connectivity index (χ2v) is 9.06. The maximum absolute atomic E-state index is 2.68. The van der Waals surface area contributed by atoms with Crippen molar-refractivity contribution in [3.63, 3.8) is 0 Å². The van der Waals surface area contributed by atoms with Crippen LogP contribution in [0.2, 0.25) is 18.6 Å². The minimum Gasteiger partial charge on any atom is -0.324 e. The minimum absolute atomic E-state index is 0.914. The summed E-state index contributed by atoms with van der Waals surface area (Å²) in [6.07, 6.45) is 1.33. The first-order chi connectivity index (χ1) is 5.50. The molecule has 1 nitrogen and oxygen atoms in total. The topological polar surface area (TPSA) is 3.24 Å². The molecule has 0 fully saturated rings. The minimum atomic E-state index is -1.10. The molecule has 0 amide bonds. The van der Waals surface area contributed by atoms with Gasteiger partial charge in [-0.3, -0.25) is 0 Å². The van der Waals surface area contributed by atoms with Crippen LogP contribution in [0.25, 0.3) is 0 Å². The Morgan fingerprint density at radius 3 is 1.75 bits per heavy atom. The number of hydrogen-bond acceptors (Lipinski definition) is 1. The summed E-state index contributed by atoms with van der Waals surface area (Å²) in [5.74, 6) is 0. The van der Waals surface area contributed by atoms with E-state index in [1.165, 1.54) is 19.5 Å². The SMILES string of the molecule is CCC(C)[Si](C)(C)N(CC)CC. The summed E-state index contributed by atoms with van der Waals surface area (Å²) < 4.78 is 2.68. The molecule has 0 heterocycles. The third-order valence-corrected chi connectivity index (χ3v) is 8.48. The first-order valence-electron chi connectivity index (χ1n) is 5.25. The smallest absolute Gasteiger partial charge is 0.124 e. The molecule has 0 saturated carbocycles. The molecule has 0 bridgehead atoms. The largest absolute Gasteiger partial charge is 0.324 e. The van der Waals surface area contributed by atoms with E-state index in [0.717, 1.165) is 5.54 Å². The maximum atomic E-state index is 2.68. The molecule has 0 aliphatic rings. The van der Waals surface area contributed by atoms with Crippen LogP contribution in [-0.2, 0) is 0 Å². The average Bonchev–Trinajstić information content (AvgIpc) is 2.04. The van der Waals surface area contributed by atoms with E-state index in [-0.39, 0.29) is 0 Å². The third-order valence-electron chi connectivity index (χ3n) is 3.40. The van der Waals surface area contributed by atoms with Gasteiger partial charge in [0.2, 0.25) is 0 Å². The van der Waals surface area contributed by atoms with Gasteiger partial charge in [0, 0.05) is 0 Å². The van der Waals surface area contributed by atoms with Crippen molar-refractivity contribution in [3.05, 3.63) is 0 Å². The highest BCUT2D eigenvalue weighted by Gasteiger charge is 2.32. The van der Waals surface area contributed by atoms with E-state index < -0.39 is 8.24 Å². The highest BCUT2D eigenvalue weighted by atomic mass is 28.3. The Balaban J connectivity index is 4.33. The number of nitrogens with zero attached hydrogens (tertiary/aromatic N) is 1. The molecule has 0 N–H and O–H groups in total. The molecule has 0 spiro atoms. The average molecular weight is 187 g/mol. The van der Waals surface area contributed by atoms with Crippen molar-refractivity contribution in [2.24, 2.45) is 0 Å². The van der Waals surface area contributed by atoms with Gasteiger partial charge < -0.3 is 4.57 Å². The lowest BCUT2D eigenvalue weighted by atomic mass is 10.4. The third kappa shape index (κ3) is 2.59. The Kier molecular flexibility index (Phi) is 5.10. The highest BCUT2D eigenvalue weighted by molar-refractivity contribution is 6.76. The molecular weight excluding hydrogens is 162 g/mol. The summed E-state index contributed by atoms with van der Waals surface area (Å²) in [7, 11) is -1.10. The van der Waals surface area contributed by atoms with E-state index in [9.17, 15) is 0 Å². The van der Waals surface area contributed by atoms with E-state index in [1.54, 1.807) is 0 Å². The molecule has 0 aliphatic carbocycles. The second kappa shape index (κ2) is 5.03. The molecule has 12 heavy (non-hydrogen) atoms. The molecule has 0 saturated heterocycles. The second-order valence-electron chi connectivity index (χ2n) is 4.14. The van der Waals surface area contributed by atoms with Gasteiger partial charge in [-0.25, -0.2) is 0 Å². The lowest BCUT2D eigenvalue weighted by molar-refractivity contribution is 0.453. The fraction of sp³-hybridized carbons (Fsp3) is 1.00. The fourth-order valence-corrected chi connectivity index (χ4v) is 5.10. The van der Waals surface area contributed by atoms with Crippen molar-refractivity contribution in [1.82, 2.24) is 4.57 Å². The van der Waals surface area contributed by atoms with Crippen LogP contribution in [-0.4, -0.2) is 25.9 Å². The van der Waals surface area contributed by atoms with Gasteiger partial charge in [0.05, 0.1) is 0 Å². The van der Waals surface area contributed by atoms with Crippen molar-refractivity contribution < 1.29 is 0 Å². The summed E-state index contributed by atoms with van der Waals surface area (Å²) >= 11 is 0. The fourth-order valence-electron chi connectivity index (χ4n) is 1.85. The van der Waals surface area contributed by atoms with Gasteiger partial charge in [0.15, 0.2) is 0 Å². The summed E-state index contributed by atoms with van der Waals surface area (Å²) in [6.45, 7) is 16.7. The van der Waals surface area contributed by atoms with Gasteiger partial charge in [-0.1, -0.05) is 47.2 Å². The number of rotatable bonds is 5. The summed E-state index contributed by atoms with van der Waals surface area (Å²) in [6, 6.07) is 0. The van der Waals surface area contributed by atoms with E-state index >= 15 is 0 Å². The Labute approximate surface area is 79.2 Å². The standard InChI is InChI=1S/C10H25NSi/c1-7-10(4)12(5,6)11(8-2)9-3/h10H,7-9H2,1-6H3. The van der Waals surface area contributed by atoms with Crippen LogP contribution in [0, 0.1) is 0 Å². The van der Waals surface area contributed by atoms with E-state index in [0.29, 0.717) is 0 Å². The van der Waals surface area contributed by atoms with Crippen LogP contribution in [0.15, 0.2) is 0 Å². The van der Waals surface area contributed by atoms with Gasteiger partial charge >= 0.3 is 0 Å². The van der Waals surface area contributed by atoms with Gasteiger partial charge in [0.25, 0.3) is 0 Å². The lowest BCUT2D eigenvalue weighted by Crippen LogP contribution is -2.51. The van der Waals surface area contributed by atoms with Crippen molar-refractivity contribution in [3.8, 4) is 0 Å². The molecule has 2 heteroatoms. The van der Waals surface area contributed by atoms with Gasteiger partial charge in [-0.15, -0.1) is 0 Å². The molecule has 1 unspecified atom stereocenters. The Hall–Kier alpha value is 0.177. The van der Waals surface area contributed by atoms with Crippen LogP contribution in [0.4, 0.5) is 0 Å². The predicted octanol–water partition coefficient (Wildman–Crippen LogP) is 3.33. The van der Waals surface area contributed by atoms with Crippen LogP contribution < -0.4 is 0 Å². The zero-order valence-corrected chi connectivity index (χ0v) is 10.6. The van der Waals surface area contributed by atoms with Crippen LogP contribution in [0.5, 0.6) is 0 Å². The molecule has 0 rings (SSSR count). The quantitative estimate of drug-likeness (QED) is 0.597. The van der Waals surface area contributed by atoms with Crippen molar-refractivity contribution in [2.75, 3.05) is 13.1 Å². The van der Waals surface area contributed by atoms with Crippen LogP contribution >= 0.6 is 0 Å². The highest BCUT2D eigenvalue weighted by Crippen LogP contribution is 2.27. The lowest BCUT2D eigenvalue weighted by Gasteiger charge is -2.39. The zero-order chi connectivity index (χ0) is 9.78. The van der Waals surface area contributed by atoms with Gasteiger partial charge in [0.1, 0.15) is 8.24 Å². The Morgan fingerprint density at radius 1 is 1.08 bits per heavy atom. The van der Waals surface area contributed by atoms with E-state index in [4.69, 9.17) is 0 Å². The summed E-state index contributed by atoms with van der Waals surface area (Å²) in [4.78, 5) is 0. The van der Waals surface area contributed by atoms with Crippen molar-refractivity contribution in [1.29, 1.82) is 0 Å². The first-order valence-corrected chi connectivity index (χ1v) is 8.28. The van der Waals surface area contributed by atoms with Gasteiger partial charge in [-0.05, 0) is 18.6 Å². The Bertz CT molecular complexity index is 119. The Morgan fingerprint density at radius 2 is 1.50 bits per heavy atom. The molecule has 1 atom stereocenters. The van der Waals surface area contributed by atoms with Crippen molar-refractivity contribution in [2.45, 2.75) is 52.8 Å². The molecule has 74 valence electrons. The predicted molar refractivity (Wildman–Crippen MR) is 60.1 cm³/mol. The van der Waals surface area contributed by atoms with Gasteiger partial charge in [-0.2, -0.15) is 0 Å². The van der Waals surface area contributed by atoms with E-state index in [1.807, 2.05) is 0 Å². The molecule has 0 aromatic rings. The van der Waals surface area contributed by atoms with Crippen LogP contribution in [0.1, 0.15) is 34.1 Å². The number of hydrogen-bond donors (Lipinski definition) is 0. The van der Waals surface area contributed by atoms with Crippen molar-refractivity contribution >= 4 is 8.24 Å². The normalized spacial score (nSPS) is 15.2. The molecule has 0 radical (unpaired) electrons. The van der Waals surface area contributed by atoms with Crippen LogP contribution in [0.3, 0.4) is 0 Å². The molecular formula is C10H25NSi. The first kappa shape index (κ1) is 12.2. The monoisotopic (exact) mass is 187 g/mol. The molecule has 0 aliphatic heterocycles. The zero-order valence-electron chi connectivity index (χ0n) is 9.65. The molecule has 0 aromatic carbocycles. The summed E-state index contributed by atoms with van der Waals surface area (Å²) in [5, 5.41) is 0.